The molecule has 0 bridgehead atoms. The van der Waals surface area contributed by atoms with Crippen LogP contribution in [0, 0.1) is 0 Å². The summed E-state index contributed by atoms with van der Waals surface area (Å²) in [5, 5.41) is -0.0386. The van der Waals surface area contributed by atoms with E-state index in [1.165, 1.54) is 11.8 Å². The minimum Gasteiger partial charge on any atom is -0.306 e. The molecule has 0 aromatic rings. The van der Waals surface area contributed by atoms with Crippen LogP contribution in [0.4, 0.5) is 0 Å². The zero-order valence-electron chi connectivity index (χ0n) is 14.4. The Morgan fingerprint density at radius 3 is 2.33 bits per heavy atom. The lowest BCUT2D eigenvalue weighted by atomic mass is 9.66. The number of allylic oxidation sites excluding steroid dienone is 10. The van der Waals surface area contributed by atoms with Crippen LogP contribution in [0.25, 0.3) is 0 Å². The first kappa shape index (κ1) is 21.9. The van der Waals surface area contributed by atoms with Gasteiger partial charge in [0.2, 0.25) is 12.4 Å². The van der Waals surface area contributed by atoms with Crippen LogP contribution in [0.15, 0.2) is 85.6 Å². The Labute approximate surface area is 150 Å². The Bertz CT molecular complexity index is 580. The first-order chi connectivity index (χ1) is 11.5. The second-order valence-electron chi connectivity index (χ2n) is 4.93. The van der Waals surface area contributed by atoms with Crippen LogP contribution in [0.2, 0.25) is 6.32 Å². The molecule has 0 atom stereocenters. The molecule has 0 aromatic carbocycles. The maximum Gasteiger partial charge on any atom is 0.218 e. The number of thioether (sulfide) groups is 1. The highest BCUT2D eigenvalue weighted by molar-refractivity contribution is 8.14. The third-order valence-electron chi connectivity index (χ3n) is 2.91. The summed E-state index contributed by atoms with van der Waals surface area (Å²) < 4.78 is 0. The highest BCUT2D eigenvalue weighted by Crippen LogP contribution is 2.13. The van der Waals surface area contributed by atoms with Gasteiger partial charge in [0, 0.05) is 11.3 Å². The number of rotatable bonds is 12. The van der Waals surface area contributed by atoms with Crippen LogP contribution in [-0.2, 0) is 9.59 Å². The topological polar surface area (TPSA) is 34.1 Å². The van der Waals surface area contributed by atoms with Crippen molar-refractivity contribution in [1.82, 2.24) is 0 Å². The molecular weight excluding hydrogens is 315 g/mol. The molecule has 0 radical (unpaired) electrons. The summed E-state index contributed by atoms with van der Waals surface area (Å²) in [6.07, 6.45) is 17.5. The van der Waals surface area contributed by atoms with Crippen LogP contribution in [0.1, 0.15) is 13.3 Å². The molecule has 0 aromatic heterocycles. The molecular formula is C20H25BO2S. The second-order valence-corrected chi connectivity index (χ2v) is 6.00. The highest BCUT2D eigenvalue weighted by Gasteiger charge is 2.08. The molecule has 0 aliphatic heterocycles. The molecule has 2 nitrogen and oxygen atoms in total. The predicted molar refractivity (Wildman–Crippen MR) is 110 cm³/mol. The minimum absolute atomic E-state index is 0.0386. The van der Waals surface area contributed by atoms with E-state index in [1.54, 1.807) is 42.5 Å². The van der Waals surface area contributed by atoms with E-state index in [-0.39, 0.29) is 10.8 Å². The van der Waals surface area contributed by atoms with Gasteiger partial charge in [-0.2, -0.15) is 0 Å². The summed E-state index contributed by atoms with van der Waals surface area (Å²) in [5.74, 6) is 0.683. The molecule has 0 saturated heterocycles. The standard InChI is InChI=1S/C20H25BO2S/c1-5-7-9-11-14-18(4)20(23)24-16-12-15-21-19(22)17(3)13-10-8-6-2/h5-11,13-14,21H,1,3-4,12,15-16H2,2H3/b8-6-,9-7-,13-10-,14-11-. The van der Waals surface area contributed by atoms with Gasteiger partial charge in [0.25, 0.3) is 0 Å². The number of carbonyl (C=O) groups excluding carboxylic acids is 2. The van der Waals surface area contributed by atoms with Crippen LogP contribution in [0.5, 0.6) is 0 Å². The fourth-order valence-electron chi connectivity index (χ4n) is 1.56. The zero-order valence-corrected chi connectivity index (χ0v) is 15.2. The average Bonchev–Trinajstić information content (AvgIpc) is 2.57. The van der Waals surface area contributed by atoms with Gasteiger partial charge in [0.1, 0.15) is 5.68 Å². The Morgan fingerprint density at radius 2 is 1.67 bits per heavy atom. The molecule has 0 heterocycles. The van der Waals surface area contributed by atoms with E-state index in [9.17, 15) is 9.59 Å². The zero-order chi connectivity index (χ0) is 18.2. The predicted octanol–water partition coefficient (Wildman–Crippen LogP) is 4.56. The average molecular weight is 340 g/mol. The highest BCUT2D eigenvalue weighted by atomic mass is 32.2. The monoisotopic (exact) mass is 340 g/mol. The maximum atomic E-state index is 11.8. The Balaban J connectivity index is 3.95. The summed E-state index contributed by atoms with van der Waals surface area (Å²) >= 11 is 1.23. The van der Waals surface area contributed by atoms with E-state index in [0.29, 0.717) is 24.2 Å². The molecule has 126 valence electrons. The van der Waals surface area contributed by atoms with Crippen LogP contribution in [0.3, 0.4) is 0 Å². The third kappa shape index (κ3) is 11.5. The summed E-state index contributed by atoms with van der Waals surface area (Å²) in [6, 6.07) is 0. The van der Waals surface area contributed by atoms with Crippen molar-refractivity contribution in [3.8, 4) is 0 Å². The minimum atomic E-state index is -0.0386. The van der Waals surface area contributed by atoms with Crippen molar-refractivity contribution in [1.29, 1.82) is 0 Å². The normalized spacial score (nSPS) is 11.5. The quantitative estimate of drug-likeness (QED) is 0.226. The Morgan fingerprint density at radius 1 is 1.00 bits per heavy atom. The van der Waals surface area contributed by atoms with Gasteiger partial charge in [-0.3, -0.25) is 4.79 Å². The van der Waals surface area contributed by atoms with Crippen molar-refractivity contribution in [3.63, 3.8) is 0 Å². The molecule has 0 saturated carbocycles. The lowest BCUT2D eigenvalue weighted by Crippen LogP contribution is -2.10. The Hall–Kier alpha value is -2.07. The van der Waals surface area contributed by atoms with Gasteiger partial charge in [-0.1, -0.05) is 98.9 Å². The third-order valence-corrected chi connectivity index (χ3v) is 3.93. The summed E-state index contributed by atoms with van der Waals surface area (Å²) in [4.78, 5) is 23.7. The number of carbonyl (C=O) groups is 2. The van der Waals surface area contributed by atoms with Gasteiger partial charge < -0.3 is 4.79 Å². The van der Waals surface area contributed by atoms with Gasteiger partial charge >= 0.3 is 0 Å². The smallest absolute Gasteiger partial charge is 0.218 e. The lowest BCUT2D eigenvalue weighted by molar-refractivity contribution is -0.109. The maximum absolute atomic E-state index is 11.8. The lowest BCUT2D eigenvalue weighted by Gasteiger charge is -2.01. The molecule has 4 heteroatoms. The van der Waals surface area contributed by atoms with E-state index < -0.39 is 0 Å². The molecule has 0 unspecified atom stereocenters. The molecule has 0 rings (SSSR count). The first-order valence-electron chi connectivity index (χ1n) is 7.86. The largest absolute Gasteiger partial charge is 0.306 e. The first-order valence-corrected chi connectivity index (χ1v) is 8.84. The van der Waals surface area contributed by atoms with Crippen molar-refractivity contribution in [3.05, 3.63) is 85.6 Å². The van der Waals surface area contributed by atoms with E-state index in [4.69, 9.17) is 0 Å². The fourth-order valence-corrected chi connectivity index (χ4v) is 2.35. The molecule has 0 amide bonds. The van der Waals surface area contributed by atoms with Gasteiger partial charge in [-0.05, 0) is 12.5 Å². The molecule has 0 spiro atoms. The second kappa shape index (κ2) is 14.5. The fraction of sp³-hybridized carbons (Fsp3) is 0.200. The van der Waals surface area contributed by atoms with E-state index in [2.05, 4.69) is 19.7 Å². The molecule has 24 heavy (non-hydrogen) atoms. The van der Waals surface area contributed by atoms with E-state index in [1.807, 2.05) is 19.1 Å². The SMILES string of the molecule is C=C/C=C\C=C/C(=C)C(=O)SCCCBC(=O)C(=C)/C=C\C=C/C. The number of hydrogen-bond donors (Lipinski definition) is 0. The van der Waals surface area contributed by atoms with Crippen molar-refractivity contribution in [2.24, 2.45) is 0 Å². The molecule has 0 N–H and O–H groups in total. The van der Waals surface area contributed by atoms with Gasteiger partial charge in [0.05, 0.1) is 0 Å². The summed E-state index contributed by atoms with van der Waals surface area (Å²) in [5.41, 5.74) is 1.03. The van der Waals surface area contributed by atoms with E-state index in [0.717, 1.165) is 12.7 Å². The number of hydrogen-bond acceptors (Lipinski definition) is 3. The van der Waals surface area contributed by atoms with Crippen molar-refractivity contribution in [2.75, 3.05) is 5.75 Å². The Kier molecular flexibility index (Phi) is 13.3. The van der Waals surface area contributed by atoms with Crippen molar-refractivity contribution in [2.45, 2.75) is 19.7 Å². The van der Waals surface area contributed by atoms with Crippen molar-refractivity contribution < 1.29 is 9.59 Å². The summed E-state index contributed by atoms with van der Waals surface area (Å²) in [7, 11) is 0.459. The molecule has 0 aliphatic carbocycles. The van der Waals surface area contributed by atoms with Crippen LogP contribution >= 0.6 is 11.8 Å². The summed E-state index contributed by atoms with van der Waals surface area (Å²) in [6.45, 7) is 13.0. The van der Waals surface area contributed by atoms with Gasteiger partial charge in [-0.25, -0.2) is 0 Å². The van der Waals surface area contributed by atoms with Crippen molar-refractivity contribution >= 4 is 29.8 Å². The van der Waals surface area contributed by atoms with E-state index >= 15 is 0 Å². The van der Waals surface area contributed by atoms with Crippen LogP contribution in [-0.4, -0.2) is 23.8 Å². The molecule has 0 fully saturated rings. The van der Waals surface area contributed by atoms with Crippen LogP contribution < -0.4 is 0 Å². The van der Waals surface area contributed by atoms with Gasteiger partial charge in [-0.15, -0.1) is 0 Å². The van der Waals surface area contributed by atoms with Gasteiger partial charge in [0.15, 0.2) is 0 Å². The molecule has 0 aliphatic rings.